The molecule has 0 aliphatic carbocycles. The first-order valence-corrected chi connectivity index (χ1v) is 43.0. The summed E-state index contributed by atoms with van der Waals surface area (Å²) in [7, 11) is 0. The second-order valence-electron chi connectivity index (χ2n) is 30.3. The first-order chi connectivity index (χ1) is 52.3. The van der Waals surface area contributed by atoms with Gasteiger partial charge in [-0.3, -0.25) is 4.79 Å². The van der Waals surface area contributed by atoms with E-state index in [1.807, 2.05) is 6.08 Å². The number of amides is 1. The predicted molar refractivity (Wildman–Crippen MR) is 429 cm³/mol. The van der Waals surface area contributed by atoms with Gasteiger partial charge in [0.15, 0.2) is 18.9 Å². The summed E-state index contributed by atoms with van der Waals surface area (Å²) in [6.07, 6.45) is 65.5. The molecule has 17 unspecified atom stereocenters. The lowest BCUT2D eigenvalue weighted by molar-refractivity contribution is -0.379. The second-order valence-corrected chi connectivity index (χ2v) is 30.3. The van der Waals surface area contributed by atoms with Gasteiger partial charge in [-0.05, 0) is 83.5 Å². The molecule has 3 aliphatic heterocycles. The van der Waals surface area contributed by atoms with E-state index in [4.69, 9.17) is 28.4 Å². The Balaban J connectivity index is 1.34. The molecule has 0 aromatic heterocycles. The van der Waals surface area contributed by atoms with E-state index in [0.29, 0.717) is 12.8 Å². The zero-order valence-corrected chi connectivity index (χ0v) is 66.6. The topological polar surface area (TPSA) is 307 Å². The minimum Gasteiger partial charge on any atom is -0.394 e. The first kappa shape index (κ1) is 97.9. The van der Waals surface area contributed by atoms with Crippen LogP contribution in [0.4, 0.5) is 0 Å². The third-order valence-corrected chi connectivity index (χ3v) is 20.9. The second kappa shape index (κ2) is 67.2. The van der Waals surface area contributed by atoms with Crippen molar-refractivity contribution in [2.24, 2.45) is 0 Å². The summed E-state index contributed by atoms with van der Waals surface area (Å²) in [6, 6.07) is -0.995. The average Bonchev–Trinajstić information content (AvgIpc) is 0.781. The van der Waals surface area contributed by atoms with Gasteiger partial charge in [0.2, 0.25) is 5.91 Å². The number of hydrogen-bond acceptors (Lipinski definition) is 18. The highest BCUT2D eigenvalue weighted by Gasteiger charge is 2.54. The van der Waals surface area contributed by atoms with Gasteiger partial charge in [-0.15, -0.1) is 0 Å². The van der Waals surface area contributed by atoms with Crippen molar-refractivity contribution < 1.29 is 89.4 Å². The van der Waals surface area contributed by atoms with Crippen LogP contribution in [0.3, 0.4) is 0 Å². The summed E-state index contributed by atoms with van der Waals surface area (Å²) in [4.78, 5) is 13.5. The number of carbonyl (C=O) groups is 1. The lowest BCUT2D eigenvalue weighted by Gasteiger charge is -2.48. The van der Waals surface area contributed by atoms with Crippen molar-refractivity contribution in [3.8, 4) is 0 Å². The third-order valence-electron chi connectivity index (χ3n) is 20.9. The fourth-order valence-corrected chi connectivity index (χ4v) is 14.0. The molecule has 19 nitrogen and oxygen atoms in total. The molecule has 0 radical (unpaired) electrons. The van der Waals surface area contributed by atoms with Crippen LogP contribution in [-0.2, 0) is 33.2 Å². The maximum Gasteiger partial charge on any atom is 0.220 e. The van der Waals surface area contributed by atoms with Crippen LogP contribution in [0.5, 0.6) is 0 Å². The molecule has 0 saturated carbocycles. The van der Waals surface area contributed by atoms with E-state index in [1.165, 1.54) is 212 Å². The predicted octanol–water partition coefficient (Wildman–Crippen LogP) is 15.5. The van der Waals surface area contributed by atoms with Gasteiger partial charge in [0, 0.05) is 6.42 Å². The molecule has 3 aliphatic rings. The Bertz CT molecular complexity index is 2310. The van der Waals surface area contributed by atoms with Gasteiger partial charge >= 0.3 is 0 Å². The van der Waals surface area contributed by atoms with Crippen LogP contribution in [0, 0.1) is 0 Å². The van der Waals surface area contributed by atoms with E-state index in [2.05, 4.69) is 104 Å². The van der Waals surface area contributed by atoms with Crippen molar-refractivity contribution in [3.05, 3.63) is 97.2 Å². The molecule has 107 heavy (non-hydrogen) atoms. The molecule has 0 aromatic carbocycles. The van der Waals surface area contributed by atoms with E-state index in [0.717, 1.165) is 77.0 Å². The number of carbonyl (C=O) groups excluding carboxylic acids is 1. The summed E-state index contributed by atoms with van der Waals surface area (Å²) in [5, 5.41) is 121. The minimum absolute atomic E-state index is 0.234. The van der Waals surface area contributed by atoms with Crippen LogP contribution in [0.1, 0.15) is 322 Å². The van der Waals surface area contributed by atoms with Gasteiger partial charge in [0.25, 0.3) is 0 Å². The molecular weight excluding hydrogens is 1360 g/mol. The molecule has 17 atom stereocenters. The number of aliphatic hydroxyl groups is 11. The molecular formula is C88H155NO18. The molecule has 0 spiro atoms. The van der Waals surface area contributed by atoms with Gasteiger partial charge in [0.1, 0.15) is 73.2 Å². The summed E-state index contributed by atoms with van der Waals surface area (Å²) in [5.41, 5.74) is 0. The average molecular weight is 1520 g/mol. The van der Waals surface area contributed by atoms with Crippen LogP contribution < -0.4 is 5.32 Å². The number of nitrogens with one attached hydrogen (secondary N) is 1. The van der Waals surface area contributed by atoms with Gasteiger partial charge in [0.05, 0.1) is 38.6 Å². The number of ether oxygens (including phenoxy) is 6. The molecule has 3 heterocycles. The Kier molecular flexibility index (Phi) is 61.5. The molecule has 620 valence electrons. The largest absolute Gasteiger partial charge is 0.394 e. The fraction of sp³-hybridized carbons (Fsp3) is 0.807. The maximum absolute atomic E-state index is 13.5. The van der Waals surface area contributed by atoms with E-state index in [-0.39, 0.29) is 18.9 Å². The van der Waals surface area contributed by atoms with Gasteiger partial charge in [-0.2, -0.15) is 0 Å². The Morgan fingerprint density at radius 1 is 0.346 bits per heavy atom. The Labute approximate surface area is 647 Å². The van der Waals surface area contributed by atoms with Crippen molar-refractivity contribution >= 4 is 5.91 Å². The van der Waals surface area contributed by atoms with Crippen molar-refractivity contribution in [2.75, 3.05) is 26.4 Å². The third kappa shape index (κ3) is 46.5. The van der Waals surface area contributed by atoms with Crippen molar-refractivity contribution in [1.29, 1.82) is 0 Å². The van der Waals surface area contributed by atoms with Crippen LogP contribution in [0.25, 0.3) is 0 Å². The van der Waals surface area contributed by atoms with Crippen LogP contribution in [-0.4, -0.2) is 193 Å². The number of allylic oxidation sites excluding steroid dienone is 15. The number of hydrogen-bond donors (Lipinski definition) is 12. The lowest BCUT2D eigenvalue weighted by atomic mass is 9.96. The Morgan fingerprint density at radius 3 is 1.05 bits per heavy atom. The highest BCUT2D eigenvalue weighted by Crippen LogP contribution is 2.33. The highest BCUT2D eigenvalue weighted by molar-refractivity contribution is 5.76. The Hall–Kier alpha value is -3.29. The van der Waals surface area contributed by atoms with Crippen LogP contribution in [0.15, 0.2) is 97.2 Å². The van der Waals surface area contributed by atoms with Gasteiger partial charge < -0.3 is 89.9 Å². The molecule has 12 N–H and O–H groups in total. The molecule has 0 aromatic rings. The zero-order chi connectivity index (χ0) is 77.4. The molecule has 19 heteroatoms. The monoisotopic (exact) mass is 1510 g/mol. The van der Waals surface area contributed by atoms with Crippen LogP contribution >= 0.6 is 0 Å². The number of aliphatic hydroxyl groups excluding tert-OH is 11. The van der Waals surface area contributed by atoms with Crippen LogP contribution in [0.2, 0.25) is 0 Å². The quantitative estimate of drug-likeness (QED) is 0.0199. The minimum atomic E-state index is -1.98. The van der Waals surface area contributed by atoms with E-state index in [9.17, 15) is 61.0 Å². The molecule has 3 saturated heterocycles. The van der Waals surface area contributed by atoms with Gasteiger partial charge in [-0.25, -0.2) is 0 Å². The molecule has 3 fully saturated rings. The first-order valence-electron chi connectivity index (χ1n) is 43.0. The highest BCUT2D eigenvalue weighted by atomic mass is 16.8. The summed E-state index contributed by atoms with van der Waals surface area (Å²) in [6.45, 7) is 1.64. The molecule has 0 bridgehead atoms. The fourth-order valence-electron chi connectivity index (χ4n) is 14.0. The summed E-state index contributed by atoms with van der Waals surface area (Å²) < 4.78 is 34.5. The molecule has 3 rings (SSSR count). The van der Waals surface area contributed by atoms with Crippen molar-refractivity contribution in [3.63, 3.8) is 0 Å². The molecule has 1 amide bonds. The summed E-state index contributed by atoms with van der Waals surface area (Å²) in [5.74, 6) is -0.283. The maximum atomic E-state index is 13.5. The SMILES string of the molecule is CC/C=C\C/C=C\C/C=C\C/C=C\C/C=C\C/C=C\CCCCCCCCCCCCCCCCCCCCC(=O)NC(COC1OC(CO)C(OC2OC(CO)C(OC3OC(CO)C(O)C(O)C3O)C(O)C2O)C(O)C1O)C(O)/C=C/CC/C=C/CCCCCCCCCCCCCCCCCCCCC. The van der Waals surface area contributed by atoms with E-state index < -0.39 is 124 Å². The smallest absolute Gasteiger partial charge is 0.220 e. The van der Waals surface area contributed by atoms with Crippen molar-refractivity contribution in [2.45, 2.75) is 426 Å². The zero-order valence-electron chi connectivity index (χ0n) is 66.6. The summed E-state index contributed by atoms with van der Waals surface area (Å²) >= 11 is 0. The number of rotatable bonds is 68. The Morgan fingerprint density at radius 2 is 0.654 bits per heavy atom. The standard InChI is InChI=1S/C88H155NO18/c1-3-5-7-9-11-13-15-17-19-21-23-25-27-29-30-31-32-33-34-35-36-37-38-39-40-42-44-46-48-50-52-54-56-58-60-62-64-66-76(94)89-71(72(93)65-63-61-59-57-55-53-51-49-47-45-43-41-28-26-24-22-20-18-16-14-12-10-8-6-4-2)70-102-86-82(100)79(97)84(74(68-91)104-86)107-88-83(101)80(98)85(75(69-92)105-88)106-87-81(99)78(96)77(95)73(67-90)103-87/h5,7,11,13,17,19,23,25,29-30,32-33,55,57,63,65,71-75,77-88,90-93,95-101H,3-4,6,8-10,12,14-16,18,20-22,24,26-28,31,34-54,56,58-62,64,66-70H2,1-2H3,(H,89,94)/b7-5-,13-11-,19-17-,25-23-,30-29-,33-32-,57-55+,65-63+. The lowest BCUT2D eigenvalue weighted by Crippen LogP contribution is -2.66. The number of unbranched alkanes of at least 4 members (excludes halogenated alkanes) is 38. The van der Waals surface area contributed by atoms with Gasteiger partial charge in [-0.1, -0.05) is 329 Å². The van der Waals surface area contributed by atoms with E-state index >= 15 is 0 Å². The normalized spacial score (nSPS) is 26.0. The van der Waals surface area contributed by atoms with E-state index in [1.54, 1.807) is 6.08 Å². The van der Waals surface area contributed by atoms with Crippen molar-refractivity contribution in [1.82, 2.24) is 5.32 Å².